The Hall–Kier alpha value is -3.14. The number of H-pyrrole nitrogens is 1. The van der Waals surface area contributed by atoms with Gasteiger partial charge >= 0.3 is 0 Å². The van der Waals surface area contributed by atoms with Crippen LogP contribution in [-0.4, -0.2) is 21.3 Å². The summed E-state index contributed by atoms with van der Waals surface area (Å²) in [5.74, 6) is 0.636. The van der Waals surface area contributed by atoms with Gasteiger partial charge in [-0.25, -0.2) is 0 Å². The number of para-hydroxylation sites is 1. The van der Waals surface area contributed by atoms with Gasteiger partial charge in [0.15, 0.2) is 0 Å². The first-order valence-corrected chi connectivity index (χ1v) is 7.01. The quantitative estimate of drug-likeness (QED) is 0.747. The summed E-state index contributed by atoms with van der Waals surface area (Å²) < 4.78 is 0. The molecule has 1 aliphatic heterocycles. The van der Waals surface area contributed by atoms with Crippen LogP contribution in [-0.2, 0) is 0 Å². The SMILES string of the molecule is Oc1nc(-c2ccccc2)[nH]c1C=C1C=Nc2ccccc21. The zero-order valence-corrected chi connectivity index (χ0v) is 11.7. The third kappa shape index (κ3) is 2.11. The van der Waals surface area contributed by atoms with Gasteiger partial charge in [0, 0.05) is 22.9 Å². The number of fused-ring (bicyclic) bond motifs is 1. The number of aromatic nitrogens is 2. The van der Waals surface area contributed by atoms with Crippen LogP contribution in [0.1, 0.15) is 11.3 Å². The average molecular weight is 287 g/mol. The summed E-state index contributed by atoms with van der Waals surface area (Å²) in [6.07, 6.45) is 3.66. The largest absolute Gasteiger partial charge is 0.492 e. The Morgan fingerprint density at radius 1 is 0.955 bits per heavy atom. The van der Waals surface area contributed by atoms with Crippen molar-refractivity contribution in [2.45, 2.75) is 0 Å². The van der Waals surface area contributed by atoms with E-state index in [1.165, 1.54) is 0 Å². The van der Waals surface area contributed by atoms with Gasteiger partial charge in [0.25, 0.3) is 0 Å². The van der Waals surface area contributed by atoms with Crippen molar-refractivity contribution >= 4 is 23.6 Å². The van der Waals surface area contributed by atoms with Gasteiger partial charge in [-0.2, -0.15) is 4.98 Å². The zero-order valence-electron chi connectivity index (χ0n) is 11.7. The van der Waals surface area contributed by atoms with Crippen molar-refractivity contribution in [3.8, 4) is 17.3 Å². The number of rotatable bonds is 2. The van der Waals surface area contributed by atoms with Crippen LogP contribution in [0.2, 0.25) is 0 Å². The van der Waals surface area contributed by atoms with E-state index in [0.717, 1.165) is 22.4 Å². The van der Waals surface area contributed by atoms with Gasteiger partial charge in [-0.15, -0.1) is 0 Å². The Morgan fingerprint density at radius 3 is 2.59 bits per heavy atom. The first-order chi connectivity index (χ1) is 10.8. The first kappa shape index (κ1) is 12.6. The van der Waals surface area contributed by atoms with Crippen LogP contribution in [0.4, 0.5) is 5.69 Å². The highest BCUT2D eigenvalue weighted by atomic mass is 16.3. The predicted molar refractivity (Wildman–Crippen MR) is 88.2 cm³/mol. The number of aromatic amines is 1. The average Bonchev–Trinajstić information content (AvgIpc) is 3.13. The molecule has 1 aliphatic rings. The molecule has 106 valence electrons. The highest BCUT2D eigenvalue weighted by molar-refractivity contribution is 6.21. The van der Waals surface area contributed by atoms with Gasteiger partial charge in [0.05, 0.1) is 5.69 Å². The minimum absolute atomic E-state index is 0.0101. The molecule has 4 heteroatoms. The second kappa shape index (κ2) is 5.00. The van der Waals surface area contributed by atoms with Crippen LogP contribution in [0, 0.1) is 0 Å². The normalized spacial score (nSPS) is 14.5. The van der Waals surface area contributed by atoms with Crippen LogP contribution in [0.15, 0.2) is 59.6 Å². The molecule has 0 fully saturated rings. The summed E-state index contributed by atoms with van der Waals surface area (Å²) in [5, 5.41) is 10.1. The van der Waals surface area contributed by atoms with Crippen LogP contribution >= 0.6 is 0 Å². The molecule has 2 heterocycles. The van der Waals surface area contributed by atoms with E-state index in [9.17, 15) is 5.11 Å². The van der Waals surface area contributed by atoms with Crippen molar-refractivity contribution in [1.82, 2.24) is 9.97 Å². The number of imidazole rings is 1. The Bertz CT molecular complexity index is 892. The third-order valence-electron chi connectivity index (χ3n) is 3.62. The standard InChI is InChI=1S/C18H13N3O/c22-18-16(20-17(21-18)12-6-2-1-3-7-12)10-13-11-19-15-9-5-4-8-14(13)15/h1-11,22H,(H,20,21). The molecule has 0 saturated carbocycles. The van der Waals surface area contributed by atoms with Crippen LogP contribution in [0.25, 0.3) is 23.0 Å². The van der Waals surface area contributed by atoms with Crippen LogP contribution in [0.5, 0.6) is 5.88 Å². The molecule has 0 radical (unpaired) electrons. The van der Waals surface area contributed by atoms with E-state index in [1.807, 2.05) is 60.7 Å². The number of benzene rings is 2. The van der Waals surface area contributed by atoms with Gasteiger partial charge in [0.2, 0.25) is 5.88 Å². The summed E-state index contributed by atoms with van der Waals surface area (Å²) in [7, 11) is 0. The lowest BCUT2D eigenvalue weighted by Crippen LogP contribution is -1.82. The number of hydrogen-bond donors (Lipinski definition) is 2. The Morgan fingerprint density at radius 2 is 1.73 bits per heavy atom. The van der Waals surface area contributed by atoms with Crippen molar-refractivity contribution in [2.24, 2.45) is 4.99 Å². The molecule has 2 N–H and O–H groups in total. The number of nitrogens with zero attached hydrogens (tertiary/aromatic N) is 2. The van der Waals surface area contributed by atoms with Crippen molar-refractivity contribution in [2.75, 3.05) is 0 Å². The Labute approximate surface area is 127 Å². The fourth-order valence-electron chi connectivity index (χ4n) is 2.52. The van der Waals surface area contributed by atoms with Gasteiger partial charge < -0.3 is 10.1 Å². The van der Waals surface area contributed by atoms with Crippen molar-refractivity contribution < 1.29 is 5.11 Å². The van der Waals surface area contributed by atoms with Gasteiger partial charge in [-0.05, 0) is 12.1 Å². The molecule has 0 aliphatic carbocycles. The lowest BCUT2D eigenvalue weighted by atomic mass is 10.1. The minimum Gasteiger partial charge on any atom is -0.492 e. The molecule has 0 saturated heterocycles. The number of aromatic hydroxyl groups is 1. The Kier molecular flexibility index (Phi) is 2.86. The van der Waals surface area contributed by atoms with Crippen molar-refractivity contribution in [3.05, 3.63) is 65.9 Å². The molecule has 0 atom stereocenters. The molecule has 4 rings (SSSR count). The highest BCUT2D eigenvalue weighted by Gasteiger charge is 2.14. The van der Waals surface area contributed by atoms with E-state index in [4.69, 9.17) is 0 Å². The molecule has 4 nitrogen and oxygen atoms in total. The summed E-state index contributed by atoms with van der Waals surface area (Å²) in [6.45, 7) is 0. The second-order valence-electron chi connectivity index (χ2n) is 5.06. The van der Waals surface area contributed by atoms with Crippen LogP contribution < -0.4 is 0 Å². The smallest absolute Gasteiger partial charge is 0.237 e. The van der Waals surface area contributed by atoms with E-state index in [2.05, 4.69) is 15.0 Å². The van der Waals surface area contributed by atoms with Gasteiger partial charge in [-0.1, -0.05) is 48.5 Å². The fourth-order valence-corrected chi connectivity index (χ4v) is 2.52. The maximum atomic E-state index is 10.1. The number of nitrogens with one attached hydrogen (secondary N) is 1. The van der Waals surface area contributed by atoms with Crippen molar-refractivity contribution in [3.63, 3.8) is 0 Å². The Balaban J connectivity index is 1.75. The summed E-state index contributed by atoms with van der Waals surface area (Å²) >= 11 is 0. The second-order valence-corrected chi connectivity index (χ2v) is 5.06. The monoisotopic (exact) mass is 287 g/mol. The number of allylic oxidation sites excluding steroid dienone is 1. The number of hydrogen-bond acceptors (Lipinski definition) is 3. The van der Waals surface area contributed by atoms with Crippen molar-refractivity contribution in [1.29, 1.82) is 0 Å². The molecular formula is C18H13N3O. The minimum atomic E-state index is -0.0101. The summed E-state index contributed by atoms with van der Waals surface area (Å²) in [5.41, 5.74) is 4.46. The van der Waals surface area contributed by atoms with E-state index >= 15 is 0 Å². The lowest BCUT2D eigenvalue weighted by Gasteiger charge is -1.98. The molecule has 0 unspecified atom stereocenters. The van der Waals surface area contributed by atoms with E-state index in [1.54, 1.807) is 6.21 Å². The van der Waals surface area contributed by atoms with E-state index in [0.29, 0.717) is 11.5 Å². The molecule has 0 spiro atoms. The molecule has 3 aromatic rings. The predicted octanol–water partition coefficient (Wildman–Crippen LogP) is 4.04. The molecule has 0 amide bonds. The van der Waals surface area contributed by atoms with Gasteiger partial charge in [-0.3, -0.25) is 4.99 Å². The van der Waals surface area contributed by atoms with Gasteiger partial charge in [0.1, 0.15) is 11.5 Å². The lowest BCUT2D eigenvalue weighted by molar-refractivity contribution is 0.455. The third-order valence-corrected chi connectivity index (χ3v) is 3.62. The van der Waals surface area contributed by atoms with E-state index in [-0.39, 0.29) is 5.88 Å². The summed E-state index contributed by atoms with van der Waals surface area (Å²) in [6, 6.07) is 17.6. The maximum absolute atomic E-state index is 10.1. The zero-order chi connectivity index (χ0) is 14.9. The topological polar surface area (TPSA) is 61.3 Å². The maximum Gasteiger partial charge on any atom is 0.237 e. The highest BCUT2D eigenvalue weighted by Crippen LogP contribution is 2.33. The first-order valence-electron chi connectivity index (χ1n) is 7.01. The fraction of sp³-hybridized carbons (Fsp3) is 0. The molecule has 2 aromatic carbocycles. The van der Waals surface area contributed by atoms with E-state index < -0.39 is 0 Å². The number of aliphatic imine (C=N–C) groups is 1. The van der Waals surface area contributed by atoms with Crippen LogP contribution in [0.3, 0.4) is 0 Å². The molecule has 0 bridgehead atoms. The molecule has 1 aromatic heterocycles. The summed E-state index contributed by atoms with van der Waals surface area (Å²) in [4.78, 5) is 11.7. The molecule has 22 heavy (non-hydrogen) atoms. The molecular weight excluding hydrogens is 274 g/mol.